The highest BCUT2D eigenvalue weighted by atomic mass is 16.5. The van der Waals surface area contributed by atoms with Gasteiger partial charge < -0.3 is 9.47 Å². The maximum absolute atomic E-state index is 12.3. The van der Waals surface area contributed by atoms with Gasteiger partial charge in [0.05, 0.1) is 5.41 Å². The van der Waals surface area contributed by atoms with E-state index in [4.69, 9.17) is 9.47 Å². The van der Waals surface area contributed by atoms with Crippen LogP contribution in [0.5, 0.6) is 5.75 Å². The summed E-state index contributed by atoms with van der Waals surface area (Å²) in [5.41, 5.74) is 0.479. The Balaban J connectivity index is 2.10. The molecule has 0 aromatic heterocycles. The van der Waals surface area contributed by atoms with E-state index >= 15 is 0 Å². The van der Waals surface area contributed by atoms with Crippen molar-refractivity contribution in [2.24, 2.45) is 5.41 Å². The molecule has 2 aromatic rings. The predicted molar refractivity (Wildman–Crippen MR) is 87.1 cm³/mol. The molecule has 0 aliphatic rings. The van der Waals surface area contributed by atoms with Gasteiger partial charge in [0.25, 0.3) is 0 Å². The van der Waals surface area contributed by atoms with Crippen molar-refractivity contribution in [2.45, 2.75) is 27.4 Å². The van der Waals surface area contributed by atoms with Crippen LogP contribution in [0.2, 0.25) is 0 Å². The summed E-state index contributed by atoms with van der Waals surface area (Å²) in [5, 5.41) is 0. The fourth-order valence-corrected chi connectivity index (χ4v) is 1.78. The lowest BCUT2D eigenvalue weighted by Crippen LogP contribution is -2.26. The van der Waals surface area contributed by atoms with E-state index in [1.807, 2.05) is 30.3 Å². The van der Waals surface area contributed by atoms with Crippen LogP contribution in [-0.4, -0.2) is 11.9 Å². The second-order valence-corrected chi connectivity index (χ2v) is 6.20. The molecule has 120 valence electrons. The van der Waals surface area contributed by atoms with E-state index in [-0.39, 0.29) is 17.9 Å². The van der Waals surface area contributed by atoms with E-state index in [1.165, 1.54) is 0 Å². The quantitative estimate of drug-likeness (QED) is 0.632. The van der Waals surface area contributed by atoms with Gasteiger partial charge >= 0.3 is 11.9 Å². The third-order valence-corrected chi connectivity index (χ3v) is 3.13. The van der Waals surface area contributed by atoms with Gasteiger partial charge in [-0.25, -0.2) is 4.79 Å². The predicted octanol–water partition coefficient (Wildman–Crippen LogP) is 4.00. The molecule has 0 spiro atoms. The number of esters is 2. The average Bonchev–Trinajstić information content (AvgIpc) is 2.53. The van der Waals surface area contributed by atoms with Crippen LogP contribution < -0.4 is 4.74 Å². The fourth-order valence-electron chi connectivity index (χ4n) is 1.78. The number of hydrogen-bond donors (Lipinski definition) is 0. The minimum atomic E-state index is -0.652. The van der Waals surface area contributed by atoms with Gasteiger partial charge in [-0.05, 0) is 38.5 Å². The summed E-state index contributed by atoms with van der Waals surface area (Å²) in [4.78, 5) is 24.3. The Bertz CT molecular complexity index is 684. The van der Waals surface area contributed by atoms with E-state index in [9.17, 15) is 9.59 Å². The molecule has 0 aliphatic heterocycles. The van der Waals surface area contributed by atoms with Crippen LogP contribution in [0.4, 0.5) is 0 Å². The zero-order chi connectivity index (χ0) is 16.9. The number of para-hydroxylation sites is 1. The first-order valence-electron chi connectivity index (χ1n) is 7.40. The van der Waals surface area contributed by atoms with Gasteiger partial charge in [-0.15, -0.1) is 0 Å². The molecule has 2 aromatic carbocycles. The first-order valence-corrected chi connectivity index (χ1v) is 7.40. The number of benzene rings is 2. The standard InChI is InChI=1S/C19H20O4/c1-19(2,3)18(21)23-16-12-8-7-11-15(16)17(20)22-13-14-9-5-4-6-10-14/h4-12H,13H2,1-3H3. The second-order valence-electron chi connectivity index (χ2n) is 6.20. The maximum Gasteiger partial charge on any atom is 0.342 e. The zero-order valence-corrected chi connectivity index (χ0v) is 13.5. The van der Waals surface area contributed by atoms with Crippen LogP contribution in [0.1, 0.15) is 36.7 Å². The van der Waals surface area contributed by atoms with Crippen molar-refractivity contribution >= 4 is 11.9 Å². The van der Waals surface area contributed by atoms with Gasteiger partial charge in [0, 0.05) is 0 Å². The molecule has 0 heterocycles. The molecule has 0 atom stereocenters. The lowest BCUT2D eigenvalue weighted by Gasteiger charge is -2.17. The normalized spacial score (nSPS) is 10.9. The number of rotatable bonds is 4. The van der Waals surface area contributed by atoms with Gasteiger partial charge in [-0.2, -0.15) is 0 Å². The van der Waals surface area contributed by atoms with Crippen molar-refractivity contribution in [3.05, 3.63) is 65.7 Å². The Morgan fingerprint density at radius 3 is 2.17 bits per heavy atom. The van der Waals surface area contributed by atoms with Crippen LogP contribution in [0.3, 0.4) is 0 Å². The number of ether oxygens (including phenoxy) is 2. The van der Waals surface area contributed by atoms with Crippen molar-refractivity contribution in [3.8, 4) is 5.75 Å². The van der Waals surface area contributed by atoms with E-state index in [0.29, 0.717) is 0 Å². The summed E-state index contributed by atoms with van der Waals surface area (Å²) < 4.78 is 10.6. The summed E-state index contributed by atoms with van der Waals surface area (Å²) in [5.74, 6) is -0.711. The molecule has 0 radical (unpaired) electrons. The first-order chi connectivity index (χ1) is 10.9. The molecule has 0 bridgehead atoms. The lowest BCUT2D eigenvalue weighted by atomic mass is 9.97. The third kappa shape index (κ3) is 4.68. The molecule has 0 aliphatic carbocycles. The molecule has 4 nitrogen and oxygen atoms in total. The Labute approximate surface area is 136 Å². The summed E-state index contributed by atoms with van der Waals surface area (Å²) in [6, 6.07) is 16.0. The Morgan fingerprint density at radius 2 is 1.52 bits per heavy atom. The molecular formula is C19H20O4. The second kappa shape index (κ2) is 7.09. The van der Waals surface area contributed by atoms with Gasteiger partial charge in [0.1, 0.15) is 17.9 Å². The van der Waals surface area contributed by atoms with E-state index < -0.39 is 17.4 Å². The number of hydrogen-bond acceptors (Lipinski definition) is 4. The summed E-state index contributed by atoms with van der Waals surface area (Å²) in [7, 11) is 0. The zero-order valence-electron chi connectivity index (χ0n) is 13.5. The van der Waals surface area contributed by atoms with Gasteiger partial charge in [0.2, 0.25) is 0 Å². The molecule has 0 unspecified atom stereocenters. The molecule has 0 saturated carbocycles. The Kier molecular flexibility index (Phi) is 5.16. The molecule has 4 heteroatoms. The van der Waals surface area contributed by atoms with Gasteiger partial charge in [0.15, 0.2) is 0 Å². The van der Waals surface area contributed by atoms with E-state index in [1.54, 1.807) is 45.0 Å². The topological polar surface area (TPSA) is 52.6 Å². The summed E-state index contributed by atoms with van der Waals surface area (Å²) in [6.45, 7) is 5.43. The SMILES string of the molecule is CC(C)(C)C(=O)Oc1ccccc1C(=O)OCc1ccccc1. The fraction of sp³-hybridized carbons (Fsp3) is 0.263. The molecule has 23 heavy (non-hydrogen) atoms. The van der Waals surface area contributed by atoms with Gasteiger partial charge in [-0.1, -0.05) is 42.5 Å². The lowest BCUT2D eigenvalue weighted by molar-refractivity contribution is -0.143. The molecule has 0 N–H and O–H groups in total. The molecule has 2 rings (SSSR count). The molecule has 0 fully saturated rings. The van der Waals surface area contributed by atoms with Crippen molar-refractivity contribution in [3.63, 3.8) is 0 Å². The number of carbonyl (C=O) groups excluding carboxylic acids is 2. The largest absolute Gasteiger partial charge is 0.457 e. The van der Waals surface area contributed by atoms with Crippen molar-refractivity contribution < 1.29 is 19.1 Å². The minimum absolute atomic E-state index is 0.168. The monoisotopic (exact) mass is 312 g/mol. The smallest absolute Gasteiger partial charge is 0.342 e. The Hall–Kier alpha value is -2.62. The van der Waals surface area contributed by atoms with Crippen molar-refractivity contribution in [1.82, 2.24) is 0 Å². The van der Waals surface area contributed by atoms with Gasteiger partial charge in [-0.3, -0.25) is 4.79 Å². The van der Waals surface area contributed by atoms with Crippen LogP contribution in [0, 0.1) is 5.41 Å². The number of carbonyl (C=O) groups is 2. The highest BCUT2D eigenvalue weighted by molar-refractivity contribution is 5.93. The van der Waals surface area contributed by atoms with E-state index in [2.05, 4.69) is 0 Å². The maximum atomic E-state index is 12.3. The highest BCUT2D eigenvalue weighted by Crippen LogP contribution is 2.23. The van der Waals surface area contributed by atoms with E-state index in [0.717, 1.165) is 5.56 Å². The van der Waals surface area contributed by atoms with Crippen molar-refractivity contribution in [2.75, 3.05) is 0 Å². The minimum Gasteiger partial charge on any atom is -0.457 e. The van der Waals surface area contributed by atoms with Crippen LogP contribution in [0.25, 0.3) is 0 Å². The third-order valence-electron chi connectivity index (χ3n) is 3.13. The van der Waals surface area contributed by atoms with Crippen molar-refractivity contribution in [1.29, 1.82) is 0 Å². The van der Waals surface area contributed by atoms with Crippen LogP contribution in [0.15, 0.2) is 54.6 Å². The van der Waals surface area contributed by atoms with Crippen LogP contribution >= 0.6 is 0 Å². The molecular weight excluding hydrogens is 292 g/mol. The molecule has 0 amide bonds. The first kappa shape index (κ1) is 16.7. The summed E-state index contributed by atoms with van der Waals surface area (Å²) >= 11 is 0. The Morgan fingerprint density at radius 1 is 0.913 bits per heavy atom. The summed E-state index contributed by atoms with van der Waals surface area (Å²) in [6.07, 6.45) is 0. The average molecular weight is 312 g/mol. The molecule has 0 saturated heterocycles. The highest BCUT2D eigenvalue weighted by Gasteiger charge is 2.25. The van der Waals surface area contributed by atoms with Crippen LogP contribution in [-0.2, 0) is 16.1 Å².